The number of halogens is 1. The van der Waals surface area contributed by atoms with Crippen LogP contribution in [0.15, 0.2) is 27.7 Å². The fourth-order valence-electron chi connectivity index (χ4n) is 1.91. The summed E-state index contributed by atoms with van der Waals surface area (Å²) in [5, 5.41) is 6.53. The number of rotatable bonds is 10. The fourth-order valence-corrected chi connectivity index (χ4v) is 2.32. The molecule has 0 bridgehead atoms. The Morgan fingerprint density at radius 1 is 1.17 bits per heavy atom. The van der Waals surface area contributed by atoms with E-state index in [1.807, 2.05) is 18.2 Å². The lowest BCUT2D eigenvalue weighted by atomic mass is 10.2. The number of benzene rings is 1. The first kappa shape index (κ1) is 19.7. The molecule has 0 saturated heterocycles. The van der Waals surface area contributed by atoms with Crippen molar-refractivity contribution in [3.05, 3.63) is 28.2 Å². The van der Waals surface area contributed by atoms with Crippen molar-refractivity contribution in [3.8, 4) is 5.75 Å². The zero-order valence-corrected chi connectivity index (χ0v) is 15.6. The summed E-state index contributed by atoms with van der Waals surface area (Å²) >= 11 is 3.47. The van der Waals surface area contributed by atoms with Gasteiger partial charge in [0.15, 0.2) is 5.96 Å². The van der Waals surface area contributed by atoms with Gasteiger partial charge in [0.2, 0.25) is 0 Å². The standard InChI is InChI=1S/C16H26BrN3O3/c1-18-16(19-7-4-8-23-10-9-21-2)20-12-13-11-14(17)5-6-15(13)22-3/h5-6,11H,4,7-10,12H2,1-3H3,(H2,18,19,20). The highest BCUT2D eigenvalue weighted by atomic mass is 79.9. The van der Waals surface area contributed by atoms with Crippen LogP contribution in [0.25, 0.3) is 0 Å². The second-order valence-electron chi connectivity index (χ2n) is 4.77. The first-order chi connectivity index (χ1) is 11.2. The number of ether oxygens (including phenoxy) is 3. The summed E-state index contributed by atoms with van der Waals surface area (Å²) in [6, 6.07) is 5.93. The third-order valence-corrected chi connectivity index (χ3v) is 3.60. The highest BCUT2D eigenvalue weighted by molar-refractivity contribution is 9.10. The van der Waals surface area contributed by atoms with E-state index < -0.39 is 0 Å². The lowest BCUT2D eigenvalue weighted by molar-refractivity contribution is 0.0698. The molecule has 0 saturated carbocycles. The second-order valence-corrected chi connectivity index (χ2v) is 5.68. The molecule has 0 atom stereocenters. The summed E-state index contributed by atoms with van der Waals surface area (Å²) in [7, 11) is 5.09. The summed E-state index contributed by atoms with van der Waals surface area (Å²) in [5.41, 5.74) is 1.06. The molecule has 0 aromatic heterocycles. The van der Waals surface area contributed by atoms with Crippen LogP contribution in [-0.2, 0) is 16.0 Å². The van der Waals surface area contributed by atoms with Gasteiger partial charge in [0, 0.05) is 43.9 Å². The van der Waals surface area contributed by atoms with E-state index in [2.05, 4.69) is 31.6 Å². The SMILES string of the molecule is CN=C(NCCCOCCOC)NCc1cc(Br)ccc1OC. The molecule has 0 heterocycles. The molecule has 0 spiro atoms. The maximum Gasteiger partial charge on any atom is 0.191 e. The summed E-state index contributed by atoms with van der Waals surface area (Å²) in [5.74, 6) is 1.60. The molecular weight excluding hydrogens is 362 g/mol. The van der Waals surface area contributed by atoms with Gasteiger partial charge in [-0.25, -0.2) is 0 Å². The molecule has 0 amide bonds. The Kier molecular flexibility index (Phi) is 10.4. The van der Waals surface area contributed by atoms with Crippen LogP contribution in [0, 0.1) is 0 Å². The molecule has 0 aliphatic carbocycles. The van der Waals surface area contributed by atoms with Crippen LogP contribution in [0.4, 0.5) is 0 Å². The van der Waals surface area contributed by atoms with Crippen LogP contribution in [0.1, 0.15) is 12.0 Å². The first-order valence-electron chi connectivity index (χ1n) is 7.55. The monoisotopic (exact) mass is 387 g/mol. The molecule has 0 fully saturated rings. The van der Waals surface area contributed by atoms with Gasteiger partial charge in [-0.15, -0.1) is 0 Å². The molecule has 7 heteroatoms. The molecule has 0 radical (unpaired) electrons. The van der Waals surface area contributed by atoms with Crippen LogP contribution < -0.4 is 15.4 Å². The summed E-state index contributed by atoms with van der Waals surface area (Å²) < 4.78 is 16.7. The van der Waals surface area contributed by atoms with E-state index in [4.69, 9.17) is 14.2 Å². The van der Waals surface area contributed by atoms with Gasteiger partial charge in [-0.2, -0.15) is 0 Å². The molecule has 2 N–H and O–H groups in total. The van der Waals surface area contributed by atoms with Crippen LogP contribution >= 0.6 is 15.9 Å². The quantitative estimate of drug-likeness (QED) is 0.366. The maximum absolute atomic E-state index is 5.42. The van der Waals surface area contributed by atoms with Gasteiger partial charge in [0.25, 0.3) is 0 Å². The molecule has 0 aliphatic heterocycles. The highest BCUT2D eigenvalue weighted by Crippen LogP contribution is 2.22. The Morgan fingerprint density at radius 2 is 2.00 bits per heavy atom. The first-order valence-corrected chi connectivity index (χ1v) is 8.34. The Hall–Kier alpha value is -1.31. The van der Waals surface area contributed by atoms with E-state index in [-0.39, 0.29) is 0 Å². The van der Waals surface area contributed by atoms with Crippen molar-refractivity contribution in [3.63, 3.8) is 0 Å². The van der Waals surface area contributed by atoms with Gasteiger partial charge in [-0.05, 0) is 24.6 Å². The third kappa shape index (κ3) is 8.20. The predicted molar refractivity (Wildman–Crippen MR) is 96.2 cm³/mol. The third-order valence-electron chi connectivity index (χ3n) is 3.10. The molecule has 130 valence electrons. The van der Waals surface area contributed by atoms with Crippen molar-refractivity contribution in [2.24, 2.45) is 4.99 Å². The van der Waals surface area contributed by atoms with Gasteiger partial charge in [-0.3, -0.25) is 4.99 Å². The van der Waals surface area contributed by atoms with Crippen LogP contribution in [0.3, 0.4) is 0 Å². The number of nitrogens with one attached hydrogen (secondary N) is 2. The average molecular weight is 388 g/mol. The summed E-state index contributed by atoms with van der Waals surface area (Å²) in [6.07, 6.45) is 0.907. The molecule has 0 aliphatic rings. The van der Waals surface area contributed by atoms with Crippen molar-refractivity contribution in [1.29, 1.82) is 0 Å². The Morgan fingerprint density at radius 3 is 2.70 bits per heavy atom. The van der Waals surface area contributed by atoms with Crippen molar-refractivity contribution >= 4 is 21.9 Å². The maximum atomic E-state index is 5.42. The predicted octanol–water partition coefficient (Wildman–Crippen LogP) is 2.18. The zero-order chi connectivity index (χ0) is 16.9. The molecule has 23 heavy (non-hydrogen) atoms. The Labute approximate surface area is 146 Å². The van der Waals surface area contributed by atoms with Gasteiger partial charge >= 0.3 is 0 Å². The lowest BCUT2D eigenvalue weighted by Crippen LogP contribution is -2.37. The van der Waals surface area contributed by atoms with Crippen molar-refractivity contribution in [1.82, 2.24) is 10.6 Å². The molecule has 1 rings (SSSR count). The van der Waals surface area contributed by atoms with E-state index >= 15 is 0 Å². The van der Waals surface area contributed by atoms with Crippen LogP contribution in [0.2, 0.25) is 0 Å². The zero-order valence-electron chi connectivity index (χ0n) is 14.0. The van der Waals surface area contributed by atoms with E-state index in [1.165, 1.54) is 0 Å². The van der Waals surface area contributed by atoms with Crippen molar-refractivity contribution < 1.29 is 14.2 Å². The lowest BCUT2D eigenvalue weighted by Gasteiger charge is -2.14. The van der Waals surface area contributed by atoms with Gasteiger partial charge in [0.05, 0.1) is 20.3 Å². The fraction of sp³-hybridized carbons (Fsp3) is 0.562. The number of guanidine groups is 1. The summed E-state index contributed by atoms with van der Waals surface area (Å²) in [4.78, 5) is 4.21. The minimum absolute atomic E-state index is 0.630. The molecule has 6 nitrogen and oxygen atoms in total. The van der Waals surface area contributed by atoms with E-state index in [0.29, 0.717) is 26.4 Å². The Bertz CT molecular complexity index is 484. The topological polar surface area (TPSA) is 64.1 Å². The van der Waals surface area contributed by atoms with Crippen molar-refractivity contribution in [2.45, 2.75) is 13.0 Å². The van der Waals surface area contributed by atoms with Crippen LogP contribution in [0.5, 0.6) is 5.75 Å². The Balaban J connectivity index is 2.30. The van der Waals surface area contributed by atoms with Gasteiger partial charge in [0.1, 0.15) is 5.75 Å². The number of aliphatic imine (C=N–C) groups is 1. The smallest absolute Gasteiger partial charge is 0.191 e. The highest BCUT2D eigenvalue weighted by Gasteiger charge is 2.05. The molecule has 1 aromatic rings. The number of hydrogen-bond donors (Lipinski definition) is 2. The van der Waals surface area contributed by atoms with E-state index in [1.54, 1.807) is 21.3 Å². The number of nitrogens with zero attached hydrogens (tertiary/aromatic N) is 1. The van der Waals surface area contributed by atoms with Gasteiger partial charge < -0.3 is 24.8 Å². The molecule has 1 aromatic carbocycles. The van der Waals surface area contributed by atoms with E-state index in [0.717, 1.165) is 34.7 Å². The summed E-state index contributed by atoms with van der Waals surface area (Å²) in [6.45, 7) is 3.39. The largest absolute Gasteiger partial charge is 0.496 e. The van der Waals surface area contributed by atoms with Crippen LogP contribution in [-0.4, -0.2) is 53.6 Å². The number of hydrogen-bond acceptors (Lipinski definition) is 4. The van der Waals surface area contributed by atoms with Gasteiger partial charge in [-0.1, -0.05) is 15.9 Å². The molecule has 0 unspecified atom stereocenters. The normalized spacial score (nSPS) is 11.4. The van der Waals surface area contributed by atoms with Crippen molar-refractivity contribution in [2.75, 3.05) is 47.6 Å². The van der Waals surface area contributed by atoms with E-state index in [9.17, 15) is 0 Å². The molecular formula is C16H26BrN3O3. The number of methoxy groups -OCH3 is 2. The average Bonchev–Trinajstić information content (AvgIpc) is 2.57. The minimum Gasteiger partial charge on any atom is -0.496 e. The second kappa shape index (κ2) is 12.2. The minimum atomic E-state index is 0.630.